The first-order chi connectivity index (χ1) is 29.0. The van der Waals surface area contributed by atoms with Crippen LogP contribution in [0.25, 0.3) is 12.2 Å². The Kier molecular flexibility index (Phi) is 13.7. The number of rotatable bonds is 20. The van der Waals surface area contributed by atoms with Crippen molar-refractivity contribution in [2.24, 2.45) is 22.7 Å². The van der Waals surface area contributed by atoms with Crippen LogP contribution in [0.3, 0.4) is 0 Å². The monoisotopic (exact) mass is 866 g/mol. The number of fused-ring (bicyclic) bond motifs is 8. The molecular formula is C42H50N4O16. The third-order valence-corrected chi connectivity index (χ3v) is 12.4. The van der Waals surface area contributed by atoms with Crippen molar-refractivity contribution >= 4 is 59.9 Å². The maximum absolute atomic E-state index is 12.6. The first-order valence-electron chi connectivity index (χ1n) is 19.9. The molecule has 8 bridgehead atoms. The van der Waals surface area contributed by atoms with Gasteiger partial charge in [0, 0.05) is 82.5 Å². The van der Waals surface area contributed by atoms with Gasteiger partial charge in [-0.2, -0.15) is 0 Å². The fourth-order valence-electron chi connectivity index (χ4n) is 9.55. The van der Waals surface area contributed by atoms with Crippen molar-refractivity contribution in [2.45, 2.75) is 103 Å². The largest absolute Gasteiger partial charge is 0.481 e. The van der Waals surface area contributed by atoms with E-state index in [0.717, 1.165) is 0 Å². The quantitative estimate of drug-likeness (QED) is 0.0895. The number of H-pyrrole nitrogens is 1. The van der Waals surface area contributed by atoms with Crippen LogP contribution in [0.5, 0.6) is 0 Å². The molecule has 1 aromatic rings. The smallest absolute Gasteiger partial charge is 0.307 e. The van der Waals surface area contributed by atoms with Crippen molar-refractivity contribution in [3.05, 3.63) is 68.6 Å². The van der Waals surface area contributed by atoms with Crippen LogP contribution in [-0.4, -0.2) is 106 Å². The van der Waals surface area contributed by atoms with Gasteiger partial charge in [0.05, 0.1) is 37.8 Å². The Morgan fingerprint density at radius 1 is 0.581 bits per heavy atom. The standard InChI is InChI=1S/C42H50N4O16/c1-41(17-39(59)60)23(5-9-35(51)52)29-14-27-21(11-37(55)56)19(3-7-33(47)48)25(43-27)13-26-20(4-8-34(49)50)22(12-38(57)58)28(44-26)15-31-42(2,18-40(61)62)24(6-10-36(53)54)30(46-31)16-32(41)45-29/h13-16,23-24,28,32,43-46H,3-12,17-18H2,1-2H3,(H,47,48)(H,49,50)(H,51,52)(H,53,54)(H,55,56)(H,57,58)(H,59,60)(H,61,62)/t23-,24-,28?,32?,41+,42+/m1/s1. The minimum Gasteiger partial charge on any atom is -0.481 e. The SMILES string of the molecule is C[C@@]1(CC(=O)O)C2=CC3NC(=Cc4[nH]c(c(CC(=O)O)c4CCC(=O)O)C=C4NC(C=C(N2)[C@H]1CCC(=O)O)[C@@](C)(CC(=O)O)[C@@H]4CCC(=O)O)C(CCC(=O)O)=C3CC(=O)O. The molecule has 0 amide bonds. The summed E-state index contributed by atoms with van der Waals surface area (Å²) in [5.41, 5.74) is -0.407. The lowest BCUT2D eigenvalue weighted by Gasteiger charge is -2.34. The summed E-state index contributed by atoms with van der Waals surface area (Å²) in [5, 5.41) is 89.7. The van der Waals surface area contributed by atoms with Crippen LogP contribution in [0.4, 0.5) is 0 Å². The summed E-state index contributed by atoms with van der Waals surface area (Å²) in [6.07, 6.45) is 1.61. The molecule has 2 unspecified atom stereocenters. The van der Waals surface area contributed by atoms with Gasteiger partial charge in [-0.25, -0.2) is 0 Å². The van der Waals surface area contributed by atoms with Crippen LogP contribution in [0.15, 0.2) is 46.1 Å². The molecule has 0 aliphatic carbocycles. The fraction of sp³-hybridized carbons (Fsp3) is 0.476. The van der Waals surface area contributed by atoms with E-state index in [1.54, 1.807) is 26.0 Å². The predicted molar refractivity (Wildman–Crippen MR) is 215 cm³/mol. The van der Waals surface area contributed by atoms with E-state index in [-0.39, 0.29) is 70.7 Å². The zero-order chi connectivity index (χ0) is 45.8. The van der Waals surface area contributed by atoms with E-state index < -0.39 is 134 Å². The average Bonchev–Trinajstić information content (AvgIpc) is 3.77. The highest BCUT2D eigenvalue weighted by atomic mass is 16.4. The average molecular weight is 867 g/mol. The number of nitrogens with one attached hydrogen (secondary N) is 4. The van der Waals surface area contributed by atoms with Gasteiger partial charge in [-0.15, -0.1) is 0 Å². The minimum atomic E-state index is -1.39. The van der Waals surface area contributed by atoms with Crippen molar-refractivity contribution in [3.63, 3.8) is 0 Å². The molecule has 334 valence electrons. The molecule has 0 aromatic carbocycles. The number of hydrogen-bond acceptors (Lipinski definition) is 11. The first-order valence-corrected chi connectivity index (χ1v) is 19.9. The normalized spacial score (nSPS) is 25.0. The Morgan fingerprint density at radius 3 is 1.71 bits per heavy atom. The highest BCUT2D eigenvalue weighted by molar-refractivity contribution is 5.79. The van der Waals surface area contributed by atoms with Crippen LogP contribution in [0, 0.1) is 22.7 Å². The molecule has 0 radical (unpaired) electrons. The van der Waals surface area contributed by atoms with Crippen molar-refractivity contribution in [1.82, 2.24) is 20.9 Å². The number of hydrogen-bond donors (Lipinski definition) is 12. The van der Waals surface area contributed by atoms with Crippen LogP contribution >= 0.6 is 0 Å². The van der Waals surface area contributed by atoms with Crippen molar-refractivity contribution in [3.8, 4) is 0 Å². The Balaban J connectivity index is 1.94. The first kappa shape index (κ1) is 46.2. The number of aliphatic carboxylic acids is 8. The van der Waals surface area contributed by atoms with Gasteiger partial charge in [-0.1, -0.05) is 13.8 Å². The molecule has 62 heavy (non-hydrogen) atoms. The summed E-state index contributed by atoms with van der Waals surface area (Å²) >= 11 is 0. The highest BCUT2D eigenvalue weighted by Gasteiger charge is 2.53. The zero-order valence-corrected chi connectivity index (χ0v) is 33.9. The summed E-state index contributed by atoms with van der Waals surface area (Å²) in [5.74, 6) is -11.5. The molecule has 6 atom stereocenters. The summed E-state index contributed by atoms with van der Waals surface area (Å²) in [6.45, 7) is 3.24. The lowest BCUT2D eigenvalue weighted by atomic mass is 9.68. The molecular weight excluding hydrogens is 816 g/mol. The zero-order valence-electron chi connectivity index (χ0n) is 33.9. The van der Waals surface area contributed by atoms with Crippen molar-refractivity contribution in [2.75, 3.05) is 0 Å². The Labute approximate surface area is 353 Å². The maximum atomic E-state index is 12.6. The fourth-order valence-corrected chi connectivity index (χ4v) is 9.55. The minimum absolute atomic E-state index is 0.0944. The molecule has 4 aliphatic heterocycles. The second kappa shape index (κ2) is 18.4. The number of aromatic nitrogens is 1. The third kappa shape index (κ3) is 10.2. The molecule has 5 heterocycles. The second-order valence-corrected chi connectivity index (χ2v) is 16.6. The van der Waals surface area contributed by atoms with Gasteiger partial charge in [-0.05, 0) is 72.3 Å². The maximum Gasteiger partial charge on any atom is 0.307 e. The topological polar surface area (TPSA) is 350 Å². The van der Waals surface area contributed by atoms with E-state index in [0.29, 0.717) is 11.4 Å². The molecule has 4 aliphatic rings. The van der Waals surface area contributed by atoms with Crippen LogP contribution < -0.4 is 16.0 Å². The lowest BCUT2D eigenvalue weighted by Crippen LogP contribution is -2.38. The van der Waals surface area contributed by atoms with E-state index in [4.69, 9.17) is 0 Å². The van der Waals surface area contributed by atoms with Crippen molar-refractivity contribution in [1.29, 1.82) is 0 Å². The van der Waals surface area contributed by atoms with Crippen LogP contribution in [-0.2, 0) is 51.2 Å². The third-order valence-electron chi connectivity index (χ3n) is 12.4. The van der Waals surface area contributed by atoms with Gasteiger partial charge in [0.15, 0.2) is 0 Å². The number of aromatic amines is 1. The number of carboxylic acid groups (broad SMARTS) is 8. The molecule has 2 fully saturated rings. The predicted octanol–water partition coefficient (Wildman–Crippen LogP) is 3.23. The molecule has 2 saturated heterocycles. The van der Waals surface area contributed by atoms with E-state index >= 15 is 0 Å². The van der Waals surface area contributed by atoms with Gasteiger partial charge >= 0.3 is 47.8 Å². The summed E-state index contributed by atoms with van der Waals surface area (Å²) < 4.78 is 0. The molecule has 0 spiro atoms. The van der Waals surface area contributed by atoms with E-state index in [9.17, 15) is 79.2 Å². The summed E-state index contributed by atoms with van der Waals surface area (Å²) in [4.78, 5) is 101. The van der Waals surface area contributed by atoms with Crippen LogP contribution in [0.2, 0.25) is 0 Å². The lowest BCUT2D eigenvalue weighted by molar-refractivity contribution is -0.141. The van der Waals surface area contributed by atoms with Crippen molar-refractivity contribution < 1.29 is 79.2 Å². The highest BCUT2D eigenvalue weighted by Crippen LogP contribution is 2.53. The molecule has 0 saturated carbocycles. The van der Waals surface area contributed by atoms with E-state index in [1.165, 1.54) is 12.2 Å². The number of allylic oxidation sites excluding steroid dienone is 4. The Bertz CT molecular complexity index is 2250. The van der Waals surface area contributed by atoms with E-state index in [2.05, 4.69) is 20.9 Å². The molecule has 20 nitrogen and oxygen atoms in total. The van der Waals surface area contributed by atoms with Gasteiger partial charge in [0.1, 0.15) is 0 Å². The van der Waals surface area contributed by atoms with Crippen LogP contribution in [0.1, 0.15) is 101 Å². The Morgan fingerprint density at radius 2 is 1.15 bits per heavy atom. The van der Waals surface area contributed by atoms with Gasteiger partial charge in [-0.3, -0.25) is 38.4 Å². The Hall–Kier alpha value is -6.86. The van der Waals surface area contributed by atoms with Gasteiger partial charge < -0.3 is 61.8 Å². The summed E-state index contributed by atoms with van der Waals surface area (Å²) in [7, 11) is 0. The summed E-state index contributed by atoms with van der Waals surface area (Å²) in [6, 6.07) is -1.99. The van der Waals surface area contributed by atoms with Gasteiger partial charge in [0.25, 0.3) is 0 Å². The molecule has 20 heteroatoms. The molecule has 12 N–H and O–H groups in total. The second-order valence-electron chi connectivity index (χ2n) is 16.6. The molecule has 5 rings (SSSR count). The van der Waals surface area contributed by atoms with Gasteiger partial charge in [0.2, 0.25) is 0 Å². The van der Waals surface area contributed by atoms with E-state index in [1.807, 2.05) is 0 Å². The number of carbonyl (C=O) groups is 8. The molecule has 1 aromatic heterocycles. The number of carboxylic acids is 8.